The van der Waals surface area contributed by atoms with Crippen LogP contribution in [0.5, 0.6) is 0 Å². The highest BCUT2D eigenvalue weighted by Gasteiger charge is 1.92. The maximum atomic E-state index is 9.10. The van der Waals surface area contributed by atoms with Crippen LogP contribution in [0.3, 0.4) is 0 Å². The van der Waals surface area contributed by atoms with Crippen LogP contribution in [0, 0.1) is 0 Å². The van der Waals surface area contributed by atoms with Crippen LogP contribution < -0.4 is 0 Å². The summed E-state index contributed by atoms with van der Waals surface area (Å²) in [7, 11) is 0. The lowest BCUT2D eigenvalue weighted by molar-refractivity contribution is 0.427. The van der Waals surface area contributed by atoms with E-state index in [4.69, 9.17) is 5.11 Å². The molecule has 0 atom stereocenters. The predicted molar refractivity (Wildman–Crippen MR) is 38.2 cm³/mol. The van der Waals surface area contributed by atoms with Crippen LogP contribution in [-0.4, -0.2) is 5.11 Å². The van der Waals surface area contributed by atoms with Crippen LogP contribution in [0.2, 0.25) is 0 Å². The molecule has 1 aliphatic carbocycles. The number of aliphatic hydroxyl groups is 1. The van der Waals surface area contributed by atoms with Gasteiger partial charge in [0, 0.05) is 0 Å². The molecule has 0 aromatic heterocycles. The van der Waals surface area contributed by atoms with Gasteiger partial charge in [0.25, 0.3) is 0 Å². The minimum atomic E-state index is 0.378. The Kier molecular flexibility index (Phi) is 1.73. The molecule has 1 nitrogen and oxygen atoms in total. The Labute approximate surface area is 55.0 Å². The molecule has 0 amide bonds. The first kappa shape index (κ1) is 6.14. The molecular weight excluding hydrogens is 112 g/mol. The smallest absolute Gasteiger partial charge is 0.118 e. The molecular formula is C8H10O. The SMILES string of the molecule is CC1=C(O)C=CCC=C1. The third-order valence-electron chi connectivity index (χ3n) is 1.32. The summed E-state index contributed by atoms with van der Waals surface area (Å²) in [5, 5.41) is 9.10. The molecule has 0 aromatic rings. The maximum Gasteiger partial charge on any atom is 0.118 e. The summed E-state index contributed by atoms with van der Waals surface area (Å²) in [5.74, 6) is 0.378. The van der Waals surface area contributed by atoms with E-state index in [1.54, 1.807) is 6.08 Å². The first-order chi connectivity index (χ1) is 4.30. The molecule has 1 aliphatic rings. The molecule has 0 aliphatic heterocycles. The molecule has 1 rings (SSSR count). The zero-order valence-corrected chi connectivity index (χ0v) is 5.46. The summed E-state index contributed by atoms with van der Waals surface area (Å²) in [6, 6.07) is 0. The number of aliphatic hydroxyl groups excluding tert-OH is 1. The van der Waals surface area contributed by atoms with Crippen molar-refractivity contribution in [1.82, 2.24) is 0 Å². The van der Waals surface area contributed by atoms with Crippen LogP contribution in [0.4, 0.5) is 0 Å². The summed E-state index contributed by atoms with van der Waals surface area (Å²) in [6.45, 7) is 1.89. The second kappa shape index (κ2) is 2.53. The van der Waals surface area contributed by atoms with E-state index in [0.717, 1.165) is 12.0 Å². The van der Waals surface area contributed by atoms with Gasteiger partial charge in [0.15, 0.2) is 0 Å². The van der Waals surface area contributed by atoms with Gasteiger partial charge in [0.2, 0.25) is 0 Å². The molecule has 0 heterocycles. The van der Waals surface area contributed by atoms with Crippen molar-refractivity contribution in [2.75, 3.05) is 0 Å². The van der Waals surface area contributed by atoms with Crippen molar-refractivity contribution in [2.24, 2.45) is 0 Å². The Hall–Kier alpha value is -0.980. The molecule has 0 saturated carbocycles. The van der Waals surface area contributed by atoms with E-state index in [1.807, 2.05) is 25.2 Å². The van der Waals surface area contributed by atoms with Crippen molar-refractivity contribution in [1.29, 1.82) is 0 Å². The third kappa shape index (κ3) is 1.46. The predicted octanol–water partition coefficient (Wildman–Crippen LogP) is 2.33. The monoisotopic (exact) mass is 122 g/mol. The van der Waals surface area contributed by atoms with E-state index < -0.39 is 0 Å². The molecule has 0 saturated heterocycles. The number of allylic oxidation sites excluding steroid dienone is 5. The van der Waals surface area contributed by atoms with Gasteiger partial charge >= 0.3 is 0 Å². The van der Waals surface area contributed by atoms with Gasteiger partial charge in [-0.2, -0.15) is 0 Å². The fourth-order valence-corrected chi connectivity index (χ4v) is 0.720. The summed E-state index contributed by atoms with van der Waals surface area (Å²) in [5.41, 5.74) is 0.934. The minimum Gasteiger partial charge on any atom is -0.508 e. The van der Waals surface area contributed by atoms with Crippen LogP contribution >= 0.6 is 0 Å². The van der Waals surface area contributed by atoms with Gasteiger partial charge in [-0.05, 0) is 25.0 Å². The average molecular weight is 122 g/mol. The van der Waals surface area contributed by atoms with E-state index in [1.165, 1.54) is 0 Å². The van der Waals surface area contributed by atoms with Gasteiger partial charge in [-0.1, -0.05) is 18.2 Å². The second-order valence-electron chi connectivity index (χ2n) is 2.11. The van der Waals surface area contributed by atoms with Crippen LogP contribution in [-0.2, 0) is 0 Å². The number of hydrogen-bond donors (Lipinski definition) is 1. The molecule has 0 aromatic carbocycles. The van der Waals surface area contributed by atoms with Crippen molar-refractivity contribution in [3.05, 3.63) is 35.6 Å². The van der Waals surface area contributed by atoms with Gasteiger partial charge in [-0.25, -0.2) is 0 Å². The fraction of sp³-hybridized carbons (Fsp3) is 0.250. The molecule has 0 fully saturated rings. The minimum absolute atomic E-state index is 0.378. The molecule has 0 unspecified atom stereocenters. The Bertz CT molecular complexity index is 165. The van der Waals surface area contributed by atoms with Crippen molar-refractivity contribution in [2.45, 2.75) is 13.3 Å². The summed E-state index contributed by atoms with van der Waals surface area (Å²) < 4.78 is 0. The first-order valence-corrected chi connectivity index (χ1v) is 3.03. The maximum absolute atomic E-state index is 9.10. The van der Waals surface area contributed by atoms with Crippen molar-refractivity contribution in [3.63, 3.8) is 0 Å². The quantitative estimate of drug-likeness (QED) is 0.522. The highest BCUT2D eigenvalue weighted by molar-refractivity contribution is 5.29. The van der Waals surface area contributed by atoms with Crippen LogP contribution in [0.25, 0.3) is 0 Å². The molecule has 0 radical (unpaired) electrons. The van der Waals surface area contributed by atoms with Crippen molar-refractivity contribution >= 4 is 0 Å². The van der Waals surface area contributed by atoms with Gasteiger partial charge in [0.05, 0.1) is 0 Å². The van der Waals surface area contributed by atoms with Gasteiger partial charge < -0.3 is 5.11 Å². The lowest BCUT2D eigenvalue weighted by atomic mass is 10.2. The van der Waals surface area contributed by atoms with E-state index in [0.29, 0.717) is 5.76 Å². The highest BCUT2D eigenvalue weighted by Crippen LogP contribution is 2.08. The Balaban J connectivity index is 2.90. The zero-order valence-electron chi connectivity index (χ0n) is 5.46. The summed E-state index contributed by atoms with van der Waals surface area (Å²) >= 11 is 0. The standard InChI is InChI=1S/C8H10O/c1-7-5-3-2-4-6-8(7)9/h3-6,9H,2H2,1H3. The lowest BCUT2D eigenvalue weighted by Gasteiger charge is -1.91. The van der Waals surface area contributed by atoms with E-state index in [2.05, 4.69) is 0 Å². The molecule has 0 spiro atoms. The van der Waals surface area contributed by atoms with E-state index in [9.17, 15) is 0 Å². The number of hydrogen-bond acceptors (Lipinski definition) is 1. The Morgan fingerprint density at radius 3 is 2.78 bits per heavy atom. The lowest BCUT2D eigenvalue weighted by Crippen LogP contribution is -1.76. The summed E-state index contributed by atoms with van der Waals surface area (Å²) in [4.78, 5) is 0. The zero-order chi connectivity index (χ0) is 6.69. The largest absolute Gasteiger partial charge is 0.508 e. The number of rotatable bonds is 0. The van der Waals surface area contributed by atoms with Crippen LogP contribution in [0.1, 0.15) is 13.3 Å². The normalized spacial score (nSPS) is 18.3. The first-order valence-electron chi connectivity index (χ1n) is 3.03. The fourth-order valence-electron chi connectivity index (χ4n) is 0.720. The van der Waals surface area contributed by atoms with Crippen molar-refractivity contribution < 1.29 is 5.11 Å². The Morgan fingerprint density at radius 1 is 1.33 bits per heavy atom. The molecule has 1 N–H and O–H groups in total. The van der Waals surface area contributed by atoms with Gasteiger partial charge in [-0.3, -0.25) is 0 Å². The van der Waals surface area contributed by atoms with Crippen molar-refractivity contribution in [3.8, 4) is 0 Å². The van der Waals surface area contributed by atoms with E-state index >= 15 is 0 Å². The topological polar surface area (TPSA) is 20.2 Å². The van der Waals surface area contributed by atoms with Gasteiger partial charge in [-0.15, -0.1) is 0 Å². The second-order valence-corrected chi connectivity index (χ2v) is 2.11. The molecule has 9 heavy (non-hydrogen) atoms. The molecule has 0 bridgehead atoms. The van der Waals surface area contributed by atoms with E-state index in [-0.39, 0.29) is 0 Å². The highest BCUT2D eigenvalue weighted by atomic mass is 16.3. The summed E-state index contributed by atoms with van der Waals surface area (Å²) in [6.07, 6.45) is 8.53. The molecule has 1 heteroatoms. The van der Waals surface area contributed by atoms with Gasteiger partial charge in [0.1, 0.15) is 5.76 Å². The average Bonchev–Trinajstić information content (AvgIpc) is 1.99. The third-order valence-corrected chi connectivity index (χ3v) is 1.32. The molecule has 48 valence electrons. The van der Waals surface area contributed by atoms with Crippen LogP contribution in [0.15, 0.2) is 35.6 Å². The Morgan fingerprint density at radius 2 is 2.00 bits per heavy atom.